The van der Waals surface area contributed by atoms with E-state index < -0.39 is 6.04 Å². The Morgan fingerprint density at radius 1 is 1.09 bits per heavy atom. The molecule has 4 rings (SSSR count). The third-order valence-electron chi connectivity index (χ3n) is 6.13. The number of carbonyl (C=O) groups excluding carboxylic acids is 2. The van der Waals surface area contributed by atoms with Crippen LogP contribution in [0.25, 0.3) is 11.1 Å². The lowest BCUT2D eigenvalue weighted by Gasteiger charge is -2.39. The lowest BCUT2D eigenvalue weighted by Crippen LogP contribution is -2.58. The minimum Gasteiger partial charge on any atom is -0.479 e. The highest BCUT2D eigenvalue weighted by atomic mass is 16.5. The number of aromatic nitrogens is 1. The average molecular weight is 448 g/mol. The van der Waals surface area contributed by atoms with Gasteiger partial charge in [0.25, 0.3) is 5.88 Å². The van der Waals surface area contributed by atoms with Gasteiger partial charge in [-0.15, -0.1) is 0 Å². The summed E-state index contributed by atoms with van der Waals surface area (Å²) >= 11 is 0. The van der Waals surface area contributed by atoms with Crippen LogP contribution in [0, 0.1) is 6.92 Å². The maximum Gasteiger partial charge on any atom is 0.254 e. The van der Waals surface area contributed by atoms with Crippen LogP contribution in [-0.4, -0.2) is 60.1 Å². The third-order valence-corrected chi connectivity index (χ3v) is 6.13. The van der Waals surface area contributed by atoms with E-state index in [1.54, 1.807) is 22.9 Å². The molecule has 0 spiro atoms. The van der Waals surface area contributed by atoms with E-state index in [0.717, 1.165) is 16.7 Å². The van der Waals surface area contributed by atoms with Gasteiger partial charge in [0.1, 0.15) is 11.8 Å². The number of nitrogens with zero attached hydrogens (tertiary/aromatic N) is 3. The van der Waals surface area contributed by atoms with E-state index in [-0.39, 0.29) is 18.2 Å². The molecule has 3 aromatic rings. The lowest BCUT2D eigenvalue weighted by atomic mass is 9.97. The lowest BCUT2D eigenvalue weighted by molar-refractivity contribution is -0.150. The van der Waals surface area contributed by atoms with Crippen LogP contribution in [0.1, 0.15) is 23.3 Å². The molecule has 33 heavy (non-hydrogen) atoms. The van der Waals surface area contributed by atoms with E-state index in [0.29, 0.717) is 37.6 Å². The van der Waals surface area contributed by atoms with Crippen LogP contribution in [0.4, 0.5) is 0 Å². The van der Waals surface area contributed by atoms with Gasteiger partial charge in [-0.2, -0.15) is 0 Å². The minimum atomic E-state index is -0.509. The van der Waals surface area contributed by atoms with Crippen molar-refractivity contribution < 1.29 is 18.8 Å². The molecular weight excluding hydrogens is 418 g/mol. The van der Waals surface area contributed by atoms with Gasteiger partial charge in [-0.25, -0.2) is 0 Å². The van der Waals surface area contributed by atoms with Crippen LogP contribution in [0.2, 0.25) is 0 Å². The number of carbonyl (C=O) groups is 2. The molecule has 7 heteroatoms. The Hall–Kier alpha value is -3.61. The second-order valence-electron chi connectivity index (χ2n) is 8.47. The topological polar surface area (TPSA) is 75.9 Å². The third kappa shape index (κ3) is 5.25. The van der Waals surface area contributed by atoms with Crippen LogP contribution >= 0.6 is 0 Å². The quantitative estimate of drug-likeness (QED) is 0.554. The zero-order chi connectivity index (χ0) is 23.4. The van der Waals surface area contributed by atoms with Crippen LogP contribution in [-0.2, 0) is 22.4 Å². The average Bonchev–Trinajstić information content (AvgIpc) is 3.30. The molecule has 1 fully saturated rings. The van der Waals surface area contributed by atoms with Crippen molar-refractivity contribution in [1.29, 1.82) is 0 Å². The number of rotatable bonds is 7. The molecule has 0 bridgehead atoms. The number of benzene rings is 2. The molecule has 2 aromatic carbocycles. The summed E-state index contributed by atoms with van der Waals surface area (Å²) in [6, 6.07) is 17.8. The molecule has 0 aliphatic carbocycles. The van der Waals surface area contributed by atoms with Gasteiger partial charge in [0.15, 0.2) is 0 Å². The van der Waals surface area contributed by atoms with Gasteiger partial charge < -0.3 is 19.1 Å². The van der Waals surface area contributed by atoms with Crippen LogP contribution in [0.3, 0.4) is 0 Å². The Morgan fingerprint density at radius 3 is 2.39 bits per heavy atom. The number of likely N-dealkylation sites (N-methyl/N-ethyl adjacent to an activating group) is 1. The van der Waals surface area contributed by atoms with Crippen molar-refractivity contribution in [3.63, 3.8) is 0 Å². The summed E-state index contributed by atoms with van der Waals surface area (Å²) in [6.07, 6.45) is 1.14. The smallest absolute Gasteiger partial charge is 0.254 e. The molecule has 1 atom stereocenters. The van der Waals surface area contributed by atoms with Crippen molar-refractivity contribution in [2.75, 3.05) is 27.2 Å². The Kier molecular flexibility index (Phi) is 6.77. The van der Waals surface area contributed by atoms with E-state index in [1.807, 2.05) is 12.1 Å². The zero-order valence-corrected chi connectivity index (χ0v) is 19.3. The summed E-state index contributed by atoms with van der Waals surface area (Å²) in [5.41, 5.74) is 4.53. The molecule has 1 aliphatic rings. The molecule has 1 saturated heterocycles. The van der Waals surface area contributed by atoms with E-state index in [9.17, 15) is 9.59 Å². The highest BCUT2D eigenvalue weighted by Crippen LogP contribution is 2.23. The maximum absolute atomic E-state index is 13.0. The molecule has 172 valence electrons. The molecule has 2 amide bonds. The minimum absolute atomic E-state index is 0.0291. The van der Waals surface area contributed by atoms with Crippen LogP contribution < -0.4 is 4.74 Å². The highest BCUT2D eigenvalue weighted by molar-refractivity contribution is 5.89. The fraction of sp³-hybridized carbons (Fsp3) is 0.346. The van der Waals surface area contributed by atoms with Gasteiger partial charge in [0.2, 0.25) is 11.8 Å². The number of amides is 2. The summed E-state index contributed by atoms with van der Waals surface area (Å²) in [7, 11) is 3.30. The number of aryl methyl sites for hydroxylation is 2. The number of hydrogen-bond donors (Lipinski definition) is 0. The molecule has 2 heterocycles. The van der Waals surface area contributed by atoms with Gasteiger partial charge >= 0.3 is 0 Å². The summed E-state index contributed by atoms with van der Waals surface area (Å²) in [5.74, 6) is 0.884. The maximum atomic E-state index is 13.0. The molecule has 1 unspecified atom stereocenters. The fourth-order valence-corrected chi connectivity index (χ4v) is 4.09. The predicted octanol–water partition coefficient (Wildman–Crippen LogP) is 3.50. The molecule has 1 aliphatic heterocycles. The van der Waals surface area contributed by atoms with E-state index >= 15 is 0 Å². The first-order valence-electron chi connectivity index (χ1n) is 11.1. The normalized spacial score (nSPS) is 16.2. The van der Waals surface area contributed by atoms with Gasteiger partial charge in [-0.05, 0) is 28.8 Å². The first-order chi connectivity index (χ1) is 15.9. The molecule has 1 aromatic heterocycles. The van der Waals surface area contributed by atoms with Crippen molar-refractivity contribution in [1.82, 2.24) is 15.0 Å². The van der Waals surface area contributed by atoms with E-state index in [4.69, 9.17) is 9.26 Å². The summed E-state index contributed by atoms with van der Waals surface area (Å²) in [4.78, 5) is 29.4. The Bertz CT molecular complexity index is 1110. The molecule has 0 radical (unpaired) electrons. The first kappa shape index (κ1) is 22.6. The SMILES string of the molecule is COc1cc(CCC(=O)N2CCN(C)C(=O)C2Cc2ccc(-c3ccc(C)cc3)cc2)on1. The number of methoxy groups -OCH3 is 1. The van der Waals surface area contributed by atoms with Crippen molar-refractivity contribution in [3.8, 4) is 17.0 Å². The van der Waals surface area contributed by atoms with E-state index in [2.05, 4.69) is 48.5 Å². The van der Waals surface area contributed by atoms with Crippen molar-refractivity contribution in [3.05, 3.63) is 71.5 Å². The first-order valence-corrected chi connectivity index (χ1v) is 11.1. The van der Waals surface area contributed by atoms with Gasteiger partial charge in [0, 0.05) is 45.5 Å². The van der Waals surface area contributed by atoms with Crippen molar-refractivity contribution in [2.45, 2.75) is 32.2 Å². The van der Waals surface area contributed by atoms with E-state index in [1.165, 1.54) is 12.7 Å². The number of piperazine rings is 1. The zero-order valence-electron chi connectivity index (χ0n) is 19.3. The summed E-state index contributed by atoms with van der Waals surface area (Å²) < 4.78 is 10.2. The summed E-state index contributed by atoms with van der Waals surface area (Å²) in [5, 5.41) is 3.77. The Morgan fingerprint density at radius 2 is 1.76 bits per heavy atom. The Labute approximate surface area is 193 Å². The van der Waals surface area contributed by atoms with Crippen LogP contribution in [0.5, 0.6) is 5.88 Å². The monoisotopic (exact) mass is 447 g/mol. The van der Waals surface area contributed by atoms with Gasteiger partial charge in [-0.3, -0.25) is 9.59 Å². The van der Waals surface area contributed by atoms with Gasteiger partial charge in [0.05, 0.1) is 7.11 Å². The predicted molar refractivity (Wildman–Crippen MR) is 125 cm³/mol. The van der Waals surface area contributed by atoms with Crippen molar-refractivity contribution in [2.24, 2.45) is 0 Å². The highest BCUT2D eigenvalue weighted by Gasteiger charge is 2.35. The molecule has 0 N–H and O–H groups in total. The molecule has 7 nitrogen and oxygen atoms in total. The second kappa shape index (κ2) is 9.90. The number of ether oxygens (including phenoxy) is 1. The summed E-state index contributed by atoms with van der Waals surface area (Å²) in [6.45, 7) is 3.12. The number of hydrogen-bond acceptors (Lipinski definition) is 5. The van der Waals surface area contributed by atoms with Crippen LogP contribution in [0.15, 0.2) is 59.1 Å². The Balaban J connectivity index is 1.45. The van der Waals surface area contributed by atoms with Crippen molar-refractivity contribution >= 4 is 11.8 Å². The standard InChI is InChI=1S/C26H29N3O4/c1-18-4-8-20(9-5-18)21-10-6-19(7-11-21)16-23-26(31)28(2)14-15-29(23)25(30)13-12-22-17-24(32-3)27-33-22/h4-11,17,23H,12-16H2,1-3H3. The fourth-order valence-electron chi connectivity index (χ4n) is 4.09. The van der Waals surface area contributed by atoms with Gasteiger partial charge in [-0.1, -0.05) is 54.1 Å². The largest absolute Gasteiger partial charge is 0.479 e. The molecular formula is C26H29N3O4. The second-order valence-corrected chi connectivity index (χ2v) is 8.47. The molecule has 0 saturated carbocycles.